The third-order valence-corrected chi connectivity index (χ3v) is 6.21. The Labute approximate surface area is 92.7 Å². The zero-order chi connectivity index (χ0) is 11.3. The molecule has 0 heterocycles. The summed E-state index contributed by atoms with van der Waals surface area (Å²) in [6.07, 6.45) is 0.643. The van der Waals surface area contributed by atoms with Crippen LogP contribution in [0.1, 0.15) is 6.42 Å². The summed E-state index contributed by atoms with van der Waals surface area (Å²) in [5, 5.41) is 4.10. The zero-order valence-electron chi connectivity index (χ0n) is 9.71. The molecule has 0 fully saturated rings. The van der Waals surface area contributed by atoms with Crippen LogP contribution in [-0.4, -0.2) is 21.0 Å². The minimum absolute atomic E-state index is 0.145. The van der Waals surface area contributed by atoms with Crippen molar-refractivity contribution in [1.82, 2.24) is 5.32 Å². The molecule has 0 aliphatic rings. The molecule has 3 heteroatoms. The number of carbonyl (C=O) groups excluding carboxylic acids is 1. The average Bonchev–Trinajstić information content (AvgIpc) is 2.27. The molecule has 1 rings (SSSR count). The minimum Gasteiger partial charge on any atom is -0.359 e. The maximum absolute atomic E-state index is 11.2. The molecule has 0 bridgehead atoms. The van der Waals surface area contributed by atoms with E-state index in [4.69, 9.17) is 0 Å². The molecule has 0 spiro atoms. The van der Waals surface area contributed by atoms with E-state index < -0.39 is 8.07 Å². The first-order chi connectivity index (χ1) is 7.06. The van der Waals surface area contributed by atoms with Gasteiger partial charge in [0.25, 0.3) is 0 Å². The second kappa shape index (κ2) is 5.12. The van der Waals surface area contributed by atoms with Gasteiger partial charge in [0.15, 0.2) is 0 Å². The molecule has 0 aliphatic carbocycles. The van der Waals surface area contributed by atoms with Gasteiger partial charge in [0, 0.05) is 13.5 Å². The first-order valence-electron chi connectivity index (χ1n) is 5.32. The number of amides is 1. The summed E-state index contributed by atoms with van der Waals surface area (Å²) in [5.74, 6) is 0.145. The molecule has 0 saturated carbocycles. The zero-order valence-corrected chi connectivity index (χ0v) is 10.7. The fourth-order valence-corrected chi connectivity index (χ4v) is 3.82. The van der Waals surface area contributed by atoms with Crippen LogP contribution in [0.15, 0.2) is 30.3 Å². The Morgan fingerprint density at radius 3 is 2.40 bits per heavy atom. The Balaban J connectivity index is 2.63. The van der Waals surface area contributed by atoms with Gasteiger partial charge in [0.05, 0.1) is 8.07 Å². The van der Waals surface area contributed by atoms with Crippen molar-refractivity contribution in [2.75, 3.05) is 7.05 Å². The number of hydrogen-bond donors (Lipinski definition) is 1. The molecule has 0 radical (unpaired) electrons. The van der Waals surface area contributed by atoms with Gasteiger partial charge in [-0.2, -0.15) is 0 Å². The van der Waals surface area contributed by atoms with Crippen LogP contribution in [-0.2, 0) is 4.79 Å². The van der Waals surface area contributed by atoms with Crippen LogP contribution in [0.25, 0.3) is 0 Å². The number of benzene rings is 1. The summed E-state index contributed by atoms with van der Waals surface area (Å²) in [6, 6.07) is 11.5. The predicted molar refractivity (Wildman–Crippen MR) is 67.0 cm³/mol. The third-order valence-electron chi connectivity index (χ3n) is 2.81. The van der Waals surface area contributed by atoms with Gasteiger partial charge < -0.3 is 5.32 Å². The van der Waals surface area contributed by atoms with Gasteiger partial charge in [0.2, 0.25) is 5.91 Å². The van der Waals surface area contributed by atoms with Crippen molar-refractivity contribution < 1.29 is 4.79 Å². The lowest BCUT2D eigenvalue weighted by Crippen LogP contribution is -2.41. The fourth-order valence-electron chi connectivity index (χ4n) is 1.58. The van der Waals surface area contributed by atoms with E-state index >= 15 is 0 Å². The van der Waals surface area contributed by atoms with Crippen molar-refractivity contribution in [2.45, 2.75) is 25.6 Å². The average molecular weight is 221 g/mol. The second-order valence-electron chi connectivity index (χ2n) is 4.42. The van der Waals surface area contributed by atoms with Crippen molar-refractivity contribution in [3.05, 3.63) is 30.3 Å². The second-order valence-corrected chi connectivity index (χ2v) is 9.27. The molecule has 0 unspecified atom stereocenters. The van der Waals surface area contributed by atoms with Crippen LogP contribution in [0.2, 0.25) is 19.1 Å². The van der Waals surface area contributed by atoms with Gasteiger partial charge in [-0.05, 0) is 6.04 Å². The van der Waals surface area contributed by atoms with E-state index in [0.717, 1.165) is 6.04 Å². The summed E-state index contributed by atoms with van der Waals surface area (Å²) in [4.78, 5) is 11.2. The lowest BCUT2D eigenvalue weighted by atomic mass is 10.4. The van der Waals surface area contributed by atoms with E-state index in [0.29, 0.717) is 6.42 Å². The summed E-state index contributed by atoms with van der Waals surface area (Å²) in [6.45, 7) is 4.62. The Bertz CT molecular complexity index is 322. The van der Waals surface area contributed by atoms with Gasteiger partial charge in [-0.3, -0.25) is 4.79 Å². The molecule has 0 saturated heterocycles. The van der Waals surface area contributed by atoms with E-state index in [1.807, 2.05) is 6.07 Å². The van der Waals surface area contributed by atoms with Crippen LogP contribution in [0.5, 0.6) is 0 Å². The van der Waals surface area contributed by atoms with E-state index in [1.165, 1.54) is 5.19 Å². The standard InChI is InChI=1S/C12H19NOSi/c1-13-12(14)9-10-15(2,3)11-7-5-4-6-8-11/h4-8H,9-10H2,1-3H3,(H,13,14). The monoisotopic (exact) mass is 221 g/mol. The van der Waals surface area contributed by atoms with Crippen LogP contribution >= 0.6 is 0 Å². The molecule has 1 N–H and O–H groups in total. The maximum atomic E-state index is 11.2. The molecule has 82 valence electrons. The minimum atomic E-state index is -1.42. The van der Waals surface area contributed by atoms with Crippen molar-refractivity contribution in [1.29, 1.82) is 0 Å². The summed E-state index contributed by atoms with van der Waals surface area (Å²) in [5.41, 5.74) is 0. The van der Waals surface area contributed by atoms with Crippen molar-refractivity contribution in [3.8, 4) is 0 Å². The molecule has 15 heavy (non-hydrogen) atoms. The van der Waals surface area contributed by atoms with Crippen molar-refractivity contribution >= 4 is 19.2 Å². The van der Waals surface area contributed by atoms with E-state index in [1.54, 1.807) is 7.05 Å². The number of rotatable bonds is 4. The summed E-state index contributed by atoms with van der Waals surface area (Å²) in [7, 11) is 0.275. The molecule has 0 aromatic heterocycles. The number of hydrogen-bond acceptors (Lipinski definition) is 1. The van der Waals surface area contributed by atoms with E-state index in [2.05, 4.69) is 42.7 Å². The number of carbonyl (C=O) groups is 1. The Morgan fingerprint density at radius 1 is 1.27 bits per heavy atom. The van der Waals surface area contributed by atoms with Crippen LogP contribution < -0.4 is 10.5 Å². The highest BCUT2D eigenvalue weighted by atomic mass is 28.3. The quantitative estimate of drug-likeness (QED) is 0.771. The Hall–Kier alpha value is -1.09. The van der Waals surface area contributed by atoms with Crippen LogP contribution in [0, 0.1) is 0 Å². The highest BCUT2D eigenvalue weighted by Crippen LogP contribution is 2.12. The fraction of sp³-hybridized carbons (Fsp3) is 0.417. The molecular weight excluding hydrogens is 202 g/mol. The highest BCUT2D eigenvalue weighted by Gasteiger charge is 2.23. The summed E-state index contributed by atoms with van der Waals surface area (Å²) < 4.78 is 0. The SMILES string of the molecule is CNC(=O)CC[Si](C)(C)c1ccccc1. The van der Waals surface area contributed by atoms with E-state index in [-0.39, 0.29) is 5.91 Å². The van der Waals surface area contributed by atoms with Gasteiger partial charge in [-0.15, -0.1) is 0 Å². The Morgan fingerprint density at radius 2 is 1.87 bits per heavy atom. The molecule has 2 nitrogen and oxygen atoms in total. The molecule has 1 aromatic rings. The lowest BCUT2D eigenvalue weighted by molar-refractivity contribution is -0.120. The highest BCUT2D eigenvalue weighted by molar-refractivity contribution is 6.89. The van der Waals surface area contributed by atoms with Crippen molar-refractivity contribution in [2.24, 2.45) is 0 Å². The Kier molecular flexibility index (Phi) is 4.09. The molecule has 1 amide bonds. The number of nitrogens with one attached hydrogen (secondary N) is 1. The smallest absolute Gasteiger partial charge is 0.219 e. The van der Waals surface area contributed by atoms with Crippen molar-refractivity contribution in [3.63, 3.8) is 0 Å². The van der Waals surface area contributed by atoms with Gasteiger partial charge >= 0.3 is 0 Å². The molecule has 0 atom stereocenters. The van der Waals surface area contributed by atoms with Gasteiger partial charge in [-0.25, -0.2) is 0 Å². The molecular formula is C12H19NOSi. The largest absolute Gasteiger partial charge is 0.359 e. The van der Waals surface area contributed by atoms with Crippen LogP contribution in [0.4, 0.5) is 0 Å². The molecule has 1 aromatic carbocycles. The maximum Gasteiger partial charge on any atom is 0.219 e. The molecule has 0 aliphatic heterocycles. The normalized spacial score (nSPS) is 11.1. The van der Waals surface area contributed by atoms with Gasteiger partial charge in [0.1, 0.15) is 0 Å². The first-order valence-corrected chi connectivity index (χ1v) is 8.53. The van der Waals surface area contributed by atoms with Crippen LogP contribution in [0.3, 0.4) is 0 Å². The summed E-state index contributed by atoms with van der Waals surface area (Å²) >= 11 is 0. The van der Waals surface area contributed by atoms with Gasteiger partial charge in [-0.1, -0.05) is 48.6 Å². The third kappa shape index (κ3) is 3.51. The topological polar surface area (TPSA) is 29.1 Å². The predicted octanol–water partition coefficient (Wildman–Crippen LogP) is 1.74. The lowest BCUT2D eigenvalue weighted by Gasteiger charge is -2.22. The first kappa shape index (κ1) is 12.0. The van der Waals surface area contributed by atoms with E-state index in [9.17, 15) is 4.79 Å².